The average Bonchev–Trinajstić information content (AvgIpc) is 2.18. The summed E-state index contributed by atoms with van der Waals surface area (Å²) in [6, 6.07) is 7.75. The molecule has 0 aliphatic carbocycles. The Morgan fingerprint density at radius 3 is 2.87 bits per heavy atom. The van der Waals surface area contributed by atoms with Crippen LogP contribution in [0.5, 0.6) is 0 Å². The van der Waals surface area contributed by atoms with Crippen LogP contribution in [0.3, 0.4) is 0 Å². The highest BCUT2D eigenvalue weighted by Crippen LogP contribution is 2.14. The van der Waals surface area contributed by atoms with Gasteiger partial charge in [-0.25, -0.2) is 4.79 Å². The zero-order chi connectivity index (χ0) is 11.3. The van der Waals surface area contributed by atoms with Gasteiger partial charge in [-0.3, -0.25) is 0 Å². The molecule has 0 N–H and O–H groups in total. The number of halogens is 1. The quantitative estimate of drug-likeness (QED) is 0.620. The molecule has 0 aliphatic rings. The third kappa shape index (κ3) is 3.88. The lowest BCUT2D eigenvalue weighted by Gasteiger charge is -2.01. The summed E-state index contributed by atoms with van der Waals surface area (Å²) >= 11 is 3.37. The molecule has 0 aromatic heterocycles. The predicted molar refractivity (Wildman–Crippen MR) is 64.4 cm³/mol. The molecular weight excluding hydrogens is 256 g/mol. The third-order valence-corrected chi connectivity index (χ3v) is 2.32. The highest BCUT2D eigenvalue weighted by atomic mass is 79.9. The molecule has 0 saturated carbocycles. The van der Waals surface area contributed by atoms with Crippen molar-refractivity contribution in [2.24, 2.45) is 0 Å². The number of rotatable bonds is 3. The minimum absolute atomic E-state index is 0.266. The second-order valence-corrected chi connectivity index (χ2v) is 4.02. The summed E-state index contributed by atoms with van der Waals surface area (Å²) in [5.41, 5.74) is 1.59. The molecule has 0 atom stereocenters. The Hall–Kier alpha value is -1.09. The standard InChI is InChI=1S/C12H13BrO2/c1-3-15-12(14)9(2)7-10-5-4-6-11(13)8-10/h4-8H,3H2,1-2H3/b9-7+. The minimum Gasteiger partial charge on any atom is -0.463 e. The molecule has 0 spiro atoms. The fourth-order valence-corrected chi connectivity index (χ4v) is 1.57. The van der Waals surface area contributed by atoms with E-state index in [4.69, 9.17) is 4.74 Å². The summed E-state index contributed by atoms with van der Waals surface area (Å²) < 4.78 is 5.88. The van der Waals surface area contributed by atoms with Crippen molar-refractivity contribution in [2.45, 2.75) is 13.8 Å². The van der Waals surface area contributed by atoms with Gasteiger partial charge in [0.1, 0.15) is 0 Å². The molecule has 0 heterocycles. The van der Waals surface area contributed by atoms with Crippen LogP contribution in [-0.4, -0.2) is 12.6 Å². The topological polar surface area (TPSA) is 26.3 Å². The van der Waals surface area contributed by atoms with Crippen molar-refractivity contribution in [2.75, 3.05) is 6.61 Å². The second kappa shape index (κ2) is 5.71. The van der Waals surface area contributed by atoms with Gasteiger partial charge >= 0.3 is 5.97 Å². The second-order valence-electron chi connectivity index (χ2n) is 3.10. The lowest BCUT2D eigenvalue weighted by molar-refractivity contribution is -0.138. The van der Waals surface area contributed by atoms with Gasteiger partial charge in [-0.1, -0.05) is 28.1 Å². The maximum absolute atomic E-state index is 11.3. The molecule has 0 bridgehead atoms. The third-order valence-electron chi connectivity index (χ3n) is 1.83. The van der Waals surface area contributed by atoms with Gasteiger partial charge in [0.05, 0.1) is 6.61 Å². The van der Waals surface area contributed by atoms with E-state index >= 15 is 0 Å². The predicted octanol–water partition coefficient (Wildman–Crippen LogP) is 3.42. The molecule has 0 amide bonds. The highest BCUT2D eigenvalue weighted by Gasteiger charge is 2.03. The van der Waals surface area contributed by atoms with Crippen LogP contribution in [0.1, 0.15) is 19.4 Å². The molecule has 80 valence electrons. The summed E-state index contributed by atoms with van der Waals surface area (Å²) in [4.78, 5) is 11.3. The zero-order valence-corrected chi connectivity index (χ0v) is 10.4. The van der Waals surface area contributed by atoms with Crippen LogP contribution >= 0.6 is 15.9 Å². The van der Waals surface area contributed by atoms with Gasteiger partial charge in [-0.15, -0.1) is 0 Å². The van der Waals surface area contributed by atoms with Crippen molar-refractivity contribution in [3.8, 4) is 0 Å². The minimum atomic E-state index is -0.266. The SMILES string of the molecule is CCOC(=O)/C(C)=C/c1cccc(Br)c1. The van der Waals surface area contributed by atoms with E-state index in [9.17, 15) is 4.79 Å². The lowest BCUT2D eigenvalue weighted by atomic mass is 10.1. The van der Waals surface area contributed by atoms with Gasteiger partial charge in [0.2, 0.25) is 0 Å². The molecule has 15 heavy (non-hydrogen) atoms. The van der Waals surface area contributed by atoms with Crippen molar-refractivity contribution in [1.82, 2.24) is 0 Å². The normalized spacial score (nSPS) is 11.3. The van der Waals surface area contributed by atoms with Gasteiger partial charge in [0, 0.05) is 10.0 Å². The molecular formula is C12H13BrO2. The molecule has 0 fully saturated rings. The van der Waals surface area contributed by atoms with Gasteiger partial charge in [0.15, 0.2) is 0 Å². The number of hydrogen-bond donors (Lipinski definition) is 0. The summed E-state index contributed by atoms with van der Waals surface area (Å²) in [6.07, 6.45) is 1.81. The van der Waals surface area contributed by atoms with Crippen LogP contribution in [0.15, 0.2) is 34.3 Å². The Labute approximate surface area is 98.1 Å². The van der Waals surface area contributed by atoms with E-state index in [-0.39, 0.29) is 5.97 Å². The maximum atomic E-state index is 11.3. The summed E-state index contributed by atoms with van der Waals surface area (Å²) in [5.74, 6) is -0.266. The van der Waals surface area contributed by atoms with Crippen LogP contribution in [0.2, 0.25) is 0 Å². The van der Waals surface area contributed by atoms with Gasteiger partial charge in [-0.05, 0) is 37.6 Å². The van der Waals surface area contributed by atoms with E-state index in [2.05, 4.69) is 15.9 Å². The Morgan fingerprint density at radius 2 is 2.27 bits per heavy atom. The van der Waals surface area contributed by atoms with Crippen LogP contribution in [0.25, 0.3) is 6.08 Å². The molecule has 1 aromatic carbocycles. The Bertz CT molecular complexity index is 383. The molecule has 0 saturated heterocycles. The first-order valence-electron chi connectivity index (χ1n) is 4.74. The van der Waals surface area contributed by atoms with E-state index < -0.39 is 0 Å². The van der Waals surface area contributed by atoms with E-state index in [0.29, 0.717) is 12.2 Å². The first-order chi connectivity index (χ1) is 7.13. The smallest absolute Gasteiger partial charge is 0.333 e. The fourth-order valence-electron chi connectivity index (χ4n) is 1.15. The number of carbonyl (C=O) groups excluding carboxylic acids is 1. The van der Waals surface area contributed by atoms with Crippen LogP contribution < -0.4 is 0 Å². The van der Waals surface area contributed by atoms with Crippen molar-refractivity contribution in [3.05, 3.63) is 39.9 Å². The molecule has 2 nitrogen and oxygen atoms in total. The maximum Gasteiger partial charge on any atom is 0.333 e. The van der Waals surface area contributed by atoms with Crippen LogP contribution in [0, 0.1) is 0 Å². The Balaban J connectivity index is 2.82. The summed E-state index contributed by atoms with van der Waals surface area (Å²) in [5, 5.41) is 0. The van der Waals surface area contributed by atoms with Crippen molar-refractivity contribution in [3.63, 3.8) is 0 Å². The monoisotopic (exact) mass is 268 g/mol. The molecule has 1 aromatic rings. The largest absolute Gasteiger partial charge is 0.463 e. The molecule has 1 rings (SSSR count). The van der Waals surface area contributed by atoms with Crippen LogP contribution in [-0.2, 0) is 9.53 Å². The van der Waals surface area contributed by atoms with Gasteiger partial charge in [0.25, 0.3) is 0 Å². The Morgan fingerprint density at radius 1 is 1.53 bits per heavy atom. The first kappa shape index (κ1) is 12.0. The highest BCUT2D eigenvalue weighted by molar-refractivity contribution is 9.10. The zero-order valence-electron chi connectivity index (χ0n) is 8.79. The molecule has 0 aliphatic heterocycles. The molecule has 0 radical (unpaired) electrons. The molecule has 3 heteroatoms. The number of benzene rings is 1. The van der Waals surface area contributed by atoms with E-state index in [0.717, 1.165) is 10.0 Å². The number of hydrogen-bond acceptors (Lipinski definition) is 2. The summed E-state index contributed by atoms with van der Waals surface area (Å²) in [7, 11) is 0. The van der Waals surface area contributed by atoms with Crippen molar-refractivity contribution in [1.29, 1.82) is 0 Å². The summed E-state index contributed by atoms with van der Waals surface area (Å²) in [6.45, 7) is 3.95. The number of esters is 1. The number of ether oxygens (including phenoxy) is 1. The van der Waals surface area contributed by atoms with Crippen molar-refractivity contribution >= 4 is 28.0 Å². The Kier molecular flexibility index (Phi) is 4.56. The van der Waals surface area contributed by atoms with Crippen molar-refractivity contribution < 1.29 is 9.53 Å². The van der Waals surface area contributed by atoms with Gasteiger partial charge < -0.3 is 4.74 Å². The average molecular weight is 269 g/mol. The fraction of sp³-hybridized carbons (Fsp3) is 0.250. The van der Waals surface area contributed by atoms with Crippen LogP contribution in [0.4, 0.5) is 0 Å². The van der Waals surface area contributed by atoms with Gasteiger partial charge in [-0.2, -0.15) is 0 Å². The molecule has 0 unspecified atom stereocenters. The number of carbonyl (C=O) groups is 1. The first-order valence-corrected chi connectivity index (χ1v) is 5.53. The van der Waals surface area contributed by atoms with E-state index in [1.807, 2.05) is 30.3 Å². The van der Waals surface area contributed by atoms with E-state index in [1.165, 1.54) is 0 Å². The lowest BCUT2D eigenvalue weighted by Crippen LogP contribution is -2.04. The van der Waals surface area contributed by atoms with E-state index in [1.54, 1.807) is 13.8 Å².